The topological polar surface area (TPSA) is 46.5 Å². The van der Waals surface area contributed by atoms with Crippen LogP contribution in [0.15, 0.2) is 36.7 Å². The number of aromatic nitrogens is 3. The molecule has 0 fully saturated rings. The molecule has 1 aromatic heterocycles. The predicted molar refractivity (Wildman–Crippen MR) is 92.0 cm³/mol. The van der Waals surface area contributed by atoms with Crippen molar-refractivity contribution in [2.75, 3.05) is 13.3 Å². The lowest BCUT2D eigenvalue weighted by Gasteiger charge is -2.22. The minimum absolute atomic E-state index is 0.411. The van der Waals surface area contributed by atoms with Crippen LogP contribution < -0.4 is 0 Å². The lowest BCUT2D eigenvalue weighted by Crippen LogP contribution is -2.27. The Labute approximate surface area is 135 Å². The molecule has 0 spiro atoms. The van der Waals surface area contributed by atoms with Crippen LogP contribution >= 0.6 is 18.4 Å². The molecule has 1 aromatic carbocycles. The fourth-order valence-electron chi connectivity index (χ4n) is 2.06. The number of nitrogens with zero attached hydrogens (tertiary/aromatic N) is 4. The zero-order chi connectivity index (χ0) is 15.7. The molecule has 2 rings (SSSR count). The smallest absolute Gasteiger partial charge is 0.201 e. The summed E-state index contributed by atoms with van der Waals surface area (Å²) >= 11 is 11.0. The summed E-state index contributed by atoms with van der Waals surface area (Å²) in [5.74, 6) is 0. The summed E-state index contributed by atoms with van der Waals surface area (Å²) in [6, 6.07) is 12.1. The molecule has 1 heterocycles. The van der Waals surface area contributed by atoms with Gasteiger partial charge in [0.1, 0.15) is 6.33 Å². The molecular weight excluding hydrogens is 319 g/mol. The summed E-state index contributed by atoms with van der Waals surface area (Å²) in [6.45, 7) is 6.32. The Hall–Kier alpha value is -1.28. The fraction of sp³-hybridized carbons (Fsp3) is 0.357. The molecule has 0 N–H and O–H groups in total. The van der Waals surface area contributed by atoms with Crippen molar-refractivity contribution in [2.24, 2.45) is 0 Å². The lowest BCUT2D eigenvalue weighted by atomic mass is 9.84. The minimum atomic E-state index is -1.70. The second-order valence-electron chi connectivity index (χ2n) is 5.52. The van der Waals surface area contributed by atoms with Crippen molar-refractivity contribution in [3.05, 3.63) is 47.0 Å². The summed E-state index contributed by atoms with van der Waals surface area (Å²) < 4.78 is 4.15. The maximum atomic E-state index is 9.61. The van der Waals surface area contributed by atoms with E-state index in [0.717, 1.165) is 5.56 Å². The van der Waals surface area contributed by atoms with E-state index in [9.17, 15) is 5.26 Å². The van der Waals surface area contributed by atoms with E-state index in [1.54, 1.807) is 11.0 Å². The maximum Gasteiger partial charge on any atom is 0.201 e. The van der Waals surface area contributed by atoms with Gasteiger partial charge in [-0.2, -0.15) is 10.4 Å². The van der Waals surface area contributed by atoms with E-state index < -0.39 is 11.6 Å². The molecule has 1 unspecified atom stereocenters. The van der Waals surface area contributed by atoms with Gasteiger partial charge in [0, 0.05) is 6.19 Å². The van der Waals surface area contributed by atoms with Crippen molar-refractivity contribution < 1.29 is 0 Å². The van der Waals surface area contributed by atoms with Crippen molar-refractivity contribution in [1.82, 2.24) is 14.1 Å². The average molecular weight is 336 g/mol. The molecule has 110 valence electrons. The van der Waals surface area contributed by atoms with Gasteiger partial charge in [-0.3, -0.25) is 4.34 Å². The molecule has 0 saturated carbocycles. The van der Waals surface area contributed by atoms with Crippen LogP contribution in [0.25, 0.3) is 0 Å². The van der Waals surface area contributed by atoms with Gasteiger partial charge < -0.3 is 0 Å². The van der Waals surface area contributed by atoms with Crippen LogP contribution in [-0.2, 0) is 23.8 Å². The third-order valence-electron chi connectivity index (χ3n) is 3.36. The molecular formula is C14H17N4PS2. The van der Waals surface area contributed by atoms with Crippen molar-refractivity contribution in [3.63, 3.8) is 0 Å². The third-order valence-corrected chi connectivity index (χ3v) is 5.76. The molecule has 0 aliphatic carbocycles. The van der Waals surface area contributed by atoms with E-state index in [2.05, 4.69) is 11.2 Å². The Balaban J connectivity index is 2.42. The van der Waals surface area contributed by atoms with Crippen LogP contribution in [0.3, 0.4) is 0 Å². The van der Waals surface area contributed by atoms with Gasteiger partial charge in [0.05, 0.1) is 18.0 Å². The van der Waals surface area contributed by atoms with E-state index in [0.29, 0.717) is 11.3 Å². The van der Waals surface area contributed by atoms with Crippen LogP contribution in [0, 0.1) is 16.1 Å². The van der Waals surface area contributed by atoms with Crippen molar-refractivity contribution in [2.45, 2.75) is 18.9 Å². The van der Waals surface area contributed by atoms with Gasteiger partial charge in [0.25, 0.3) is 0 Å². The van der Waals surface area contributed by atoms with Crippen molar-refractivity contribution >= 4 is 30.2 Å². The zero-order valence-electron chi connectivity index (χ0n) is 12.2. The van der Waals surface area contributed by atoms with Gasteiger partial charge in [-0.25, -0.2) is 4.68 Å². The first-order chi connectivity index (χ1) is 9.78. The van der Waals surface area contributed by atoms with Crippen LogP contribution in [0.1, 0.15) is 12.5 Å². The van der Waals surface area contributed by atoms with Crippen LogP contribution in [0.2, 0.25) is 0 Å². The number of rotatable bonds is 4. The summed E-state index contributed by atoms with van der Waals surface area (Å²) in [6.07, 6.45) is -0.0147. The Morgan fingerprint density at radius 3 is 2.43 bits per heavy atom. The van der Waals surface area contributed by atoms with Crippen LogP contribution in [-0.4, -0.2) is 27.4 Å². The normalized spacial score (nSPS) is 14.4. The quantitative estimate of drug-likeness (QED) is 0.634. The predicted octanol–water partition coefficient (Wildman–Crippen LogP) is 3.40. The highest BCUT2D eigenvalue weighted by Crippen LogP contribution is 2.38. The molecule has 7 heteroatoms. The highest BCUT2D eigenvalue weighted by molar-refractivity contribution is 8.13. The molecule has 1 atom stereocenters. The fourth-order valence-corrected chi connectivity index (χ4v) is 4.16. The van der Waals surface area contributed by atoms with E-state index >= 15 is 0 Å². The maximum absolute atomic E-state index is 9.61. The van der Waals surface area contributed by atoms with Gasteiger partial charge in [0.2, 0.25) is 4.77 Å². The van der Waals surface area contributed by atoms with E-state index in [1.807, 2.05) is 54.9 Å². The first-order valence-electron chi connectivity index (χ1n) is 6.45. The van der Waals surface area contributed by atoms with E-state index in [4.69, 9.17) is 24.0 Å². The molecule has 2 aromatic rings. The molecule has 0 radical (unpaired) electrons. The zero-order valence-corrected chi connectivity index (χ0v) is 14.8. The van der Waals surface area contributed by atoms with Crippen molar-refractivity contribution in [1.29, 1.82) is 5.26 Å². The summed E-state index contributed by atoms with van der Waals surface area (Å²) in [4.78, 5) is 0. The SMILES string of the molecule is CC(C#N)(Cn1ncn(P(C)(C)=S)c1=S)c1ccccc1. The van der Waals surface area contributed by atoms with E-state index in [1.165, 1.54) is 0 Å². The molecule has 4 nitrogen and oxygen atoms in total. The molecule has 0 bridgehead atoms. The van der Waals surface area contributed by atoms with Gasteiger partial charge in [0.15, 0.2) is 0 Å². The van der Waals surface area contributed by atoms with E-state index in [-0.39, 0.29) is 0 Å². The first kappa shape index (κ1) is 16.1. The highest BCUT2D eigenvalue weighted by Gasteiger charge is 2.28. The van der Waals surface area contributed by atoms with Crippen LogP contribution in [0.4, 0.5) is 0 Å². The summed E-state index contributed by atoms with van der Waals surface area (Å²) in [5.41, 5.74) is 0.277. The second-order valence-corrected chi connectivity index (χ2v) is 11.6. The molecule has 0 saturated heterocycles. The second kappa shape index (κ2) is 5.84. The van der Waals surface area contributed by atoms with Gasteiger partial charge >= 0.3 is 0 Å². The standard InChI is InChI=1S/C14H17N4PS2/c1-14(9-15,12-7-5-4-6-8-12)10-17-13(20)18(11-16-17)19(2,3)21/h4-8,11H,10H2,1-3H3. The van der Waals surface area contributed by atoms with Crippen molar-refractivity contribution in [3.8, 4) is 6.07 Å². The largest absolute Gasteiger partial charge is 0.277 e. The summed E-state index contributed by atoms with van der Waals surface area (Å²) in [5, 5.41) is 13.9. The monoisotopic (exact) mass is 336 g/mol. The number of benzene rings is 1. The summed E-state index contributed by atoms with van der Waals surface area (Å²) in [7, 11) is 0. The van der Waals surface area contributed by atoms with Gasteiger partial charge in [-0.1, -0.05) is 42.1 Å². The number of nitriles is 1. The Kier molecular flexibility index (Phi) is 4.48. The minimum Gasteiger partial charge on any atom is -0.277 e. The molecule has 0 aliphatic heterocycles. The third kappa shape index (κ3) is 3.32. The Morgan fingerprint density at radius 2 is 1.95 bits per heavy atom. The number of hydrogen-bond acceptors (Lipinski definition) is 4. The number of hydrogen-bond donors (Lipinski definition) is 0. The van der Waals surface area contributed by atoms with Crippen LogP contribution in [0.5, 0.6) is 0 Å². The first-order valence-corrected chi connectivity index (χ1v) is 10.5. The highest BCUT2D eigenvalue weighted by atomic mass is 32.4. The van der Waals surface area contributed by atoms with Gasteiger partial charge in [-0.05, 0) is 38.0 Å². The van der Waals surface area contributed by atoms with Gasteiger partial charge in [-0.15, -0.1) is 0 Å². The average Bonchev–Trinajstić information content (AvgIpc) is 2.81. The Morgan fingerprint density at radius 1 is 1.33 bits per heavy atom. The molecule has 0 aliphatic rings. The lowest BCUT2D eigenvalue weighted by molar-refractivity contribution is 0.456. The Bertz CT molecular complexity index is 781. The molecule has 0 amide bonds. The molecule has 21 heavy (non-hydrogen) atoms.